The normalized spacial score (nSPS) is 14.8. The van der Waals surface area contributed by atoms with Gasteiger partial charge < -0.3 is 15.1 Å². The van der Waals surface area contributed by atoms with Crippen LogP contribution in [-0.4, -0.2) is 70.1 Å². The van der Waals surface area contributed by atoms with Gasteiger partial charge in [-0.3, -0.25) is 9.69 Å². The van der Waals surface area contributed by atoms with Crippen molar-refractivity contribution >= 4 is 17.8 Å². The number of carbonyl (C=O) groups is 3. The van der Waals surface area contributed by atoms with E-state index in [-0.39, 0.29) is 5.91 Å². The van der Waals surface area contributed by atoms with Gasteiger partial charge in [0.2, 0.25) is 0 Å². The summed E-state index contributed by atoms with van der Waals surface area (Å²) in [5, 5.41) is 14.8. The largest absolute Gasteiger partial charge is 0.473 e. The van der Waals surface area contributed by atoms with Crippen molar-refractivity contribution in [2.24, 2.45) is 0 Å². The Balaban J connectivity index is 0.000000379. The maximum absolute atomic E-state index is 12.2. The van der Waals surface area contributed by atoms with Crippen molar-refractivity contribution < 1.29 is 24.6 Å². The second-order valence-electron chi connectivity index (χ2n) is 5.40. The molecule has 126 valence electrons. The van der Waals surface area contributed by atoms with Crippen LogP contribution in [0.25, 0.3) is 0 Å². The Morgan fingerprint density at radius 3 is 1.78 bits per heavy atom. The van der Waals surface area contributed by atoms with Gasteiger partial charge in [-0.05, 0) is 26.0 Å². The molecule has 0 bridgehead atoms. The van der Waals surface area contributed by atoms with E-state index in [2.05, 4.69) is 18.7 Å². The van der Waals surface area contributed by atoms with Gasteiger partial charge in [-0.1, -0.05) is 18.2 Å². The number of piperazine rings is 1. The lowest BCUT2D eigenvalue weighted by atomic mass is 10.1. The van der Waals surface area contributed by atoms with Crippen molar-refractivity contribution in [1.29, 1.82) is 0 Å². The minimum absolute atomic E-state index is 0.161. The molecule has 7 nitrogen and oxygen atoms in total. The van der Waals surface area contributed by atoms with Crippen LogP contribution in [0.3, 0.4) is 0 Å². The van der Waals surface area contributed by atoms with Crippen LogP contribution < -0.4 is 0 Å². The van der Waals surface area contributed by atoms with E-state index in [1.807, 2.05) is 35.2 Å². The first-order valence-electron chi connectivity index (χ1n) is 7.37. The highest BCUT2D eigenvalue weighted by Gasteiger charge is 2.22. The summed E-state index contributed by atoms with van der Waals surface area (Å²) < 4.78 is 0. The summed E-state index contributed by atoms with van der Waals surface area (Å²) in [5.41, 5.74) is 0.797. The van der Waals surface area contributed by atoms with Gasteiger partial charge in [-0.15, -0.1) is 0 Å². The van der Waals surface area contributed by atoms with E-state index < -0.39 is 11.9 Å². The highest BCUT2D eigenvalue weighted by molar-refractivity contribution is 6.27. The highest BCUT2D eigenvalue weighted by atomic mass is 16.4. The molecule has 0 saturated carbocycles. The van der Waals surface area contributed by atoms with Gasteiger partial charge in [0.15, 0.2) is 0 Å². The number of carbonyl (C=O) groups excluding carboxylic acids is 1. The molecule has 0 spiro atoms. The second kappa shape index (κ2) is 8.89. The van der Waals surface area contributed by atoms with Crippen molar-refractivity contribution in [3.8, 4) is 0 Å². The monoisotopic (exact) mass is 322 g/mol. The highest BCUT2D eigenvalue weighted by Crippen LogP contribution is 2.10. The molecule has 0 radical (unpaired) electrons. The summed E-state index contributed by atoms with van der Waals surface area (Å²) in [7, 11) is 0. The van der Waals surface area contributed by atoms with E-state index in [9.17, 15) is 4.79 Å². The van der Waals surface area contributed by atoms with Gasteiger partial charge in [0.1, 0.15) is 0 Å². The predicted octanol–water partition coefficient (Wildman–Crippen LogP) is 1.01. The fourth-order valence-corrected chi connectivity index (χ4v) is 2.20. The fraction of sp³-hybridized carbons (Fsp3) is 0.438. The molecule has 0 atom stereocenters. The predicted molar refractivity (Wildman–Crippen MR) is 84.3 cm³/mol. The number of nitrogens with zero attached hydrogens (tertiary/aromatic N) is 2. The maximum atomic E-state index is 12.2. The Hall–Kier alpha value is -2.41. The third-order valence-corrected chi connectivity index (χ3v) is 3.54. The average molecular weight is 322 g/mol. The van der Waals surface area contributed by atoms with Gasteiger partial charge >= 0.3 is 11.9 Å². The quantitative estimate of drug-likeness (QED) is 0.789. The smallest absolute Gasteiger partial charge is 0.414 e. The lowest BCUT2D eigenvalue weighted by Crippen LogP contribution is -2.50. The zero-order valence-electron chi connectivity index (χ0n) is 13.3. The minimum Gasteiger partial charge on any atom is -0.473 e. The molecule has 1 aromatic carbocycles. The Bertz CT molecular complexity index is 525. The van der Waals surface area contributed by atoms with Crippen LogP contribution in [0, 0.1) is 0 Å². The summed E-state index contributed by atoms with van der Waals surface area (Å²) in [5.74, 6) is -3.49. The van der Waals surface area contributed by atoms with Crippen LogP contribution in [0.5, 0.6) is 0 Å². The van der Waals surface area contributed by atoms with Crippen molar-refractivity contribution in [2.75, 3.05) is 26.2 Å². The number of carboxylic acids is 2. The Kier molecular flexibility index (Phi) is 7.21. The summed E-state index contributed by atoms with van der Waals surface area (Å²) in [6.07, 6.45) is 0. The van der Waals surface area contributed by atoms with Gasteiger partial charge in [-0.2, -0.15) is 0 Å². The maximum Gasteiger partial charge on any atom is 0.414 e. The summed E-state index contributed by atoms with van der Waals surface area (Å²) in [6, 6.07) is 10.1. The van der Waals surface area contributed by atoms with Crippen LogP contribution in [0.2, 0.25) is 0 Å². The zero-order chi connectivity index (χ0) is 17.4. The lowest BCUT2D eigenvalue weighted by molar-refractivity contribution is -0.159. The molecule has 1 heterocycles. The molecular weight excluding hydrogens is 300 g/mol. The number of amides is 1. The third-order valence-electron chi connectivity index (χ3n) is 3.54. The molecule has 7 heteroatoms. The molecule has 1 aromatic rings. The summed E-state index contributed by atoms with van der Waals surface area (Å²) >= 11 is 0. The van der Waals surface area contributed by atoms with E-state index in [0.29, 0.717) is 6.04 Å². The van der Waals surface area contributed by atoms with E-state index >= 15 is 0 Å². The lowest BCUT2D eigenvalue weighted by Gasteiger charge is -2.36. The Morgan fingerprint density at radius 1 is 0.913 bits per heavy atom. The molecule has 0 aromatic heterocycles. The van der Waals surface area contributed by atoms with Crippen LogP contribution >= 0.6 is 0 Å². The average Bonchev–Trinajstić information content (AvgIpc) is 2.55. The molecule has 1 amide bonds. The first kappa shape index (κ1) is 18.6. The second-order valence-corrected chi connectivity index (χ2v) is 5.40. The molecule has 23 heavy (non-hydrogen) atoms. The SMILES string of the molecule is CC(C)N1CCN(C(=O)c2ccccc2)CC1.O=C(O)C(=O)O. The molecule has 0 aliphatic carbocycles. The number of hydrogen-bond acceptors (Lipinski definition) is 4. The van der Waals surface area contributed by atoms with Gasteiger partial charge in [0.05, 0.1) is 0 Å². The van der Waals surface area contributed by atoms with Crippen molar-refractivity contribution in [3.05, 3.63) is 35.9 Å². The number of carboxylic acid groups (broad SMARTS) is 2. The van der Waals surface area contributed by atoms with E-state index in [1.54, 1.807) is 0 Å². The number of benzene rings is 1. The standard InChI is InChI=1S/C14H20N2O.C2H2O4/c1-12(2)15-8-10-16(11-9-15)14(17)13-6-4-3-5-7-13;3-1(4)2(5)6/h3-7,12H,8-11H2,1-2H3;(H,3,4)(H,5,6). The topological polar surface area (TPSA) is 98.2 Å². The van der Waals surface area contributed by atoms with Crippen LogP contribution in [0.4, 0.5) is 0 Å². The van der Waals surface area contributed by atoms with Crippen molar-refractivity contribution in [2.45, 2.75) is 19.9 Å². The molecule has 2 N–H and O–H groups in total. The molecular formula is C16H22N2O5. The summed E-state index contributed by atoms with van der Waals surface area (Å²) in [6.45, 7) is 8.05. The molecule has 1 fully saturated rings. The molecule has 0 unspecified atom stereocenters. The zero-order valence-corrected chi connectivity index (χ0v) is 13.3. The van der Waals surface area contributed by atoms with Crippen LogP contribution in [-0.2, 0) is 9.59 Å². The van der Waals surface area contributed by atoms with Crippen LogP contribution in [0.1, 0.15) is 24.2 Å². The van der Waals surface area contributed by atoms with Crippen molar-refractivity contribution in [1.82, 2.24) is 9.80 Å². The summed E-state index contributed by atoms with van der Waals surface area (Å²) in [4.78, 5) is 34.7. The van der Waals surface area contributed by atoms with Crippen LogP contribution in [0.15, 0.2) is 30.3 Å². The fourth-order valence-electron chi connectivity index (χ4n) is 2.20. The molecule has 2 rings (SSSR count). The van der Waals surface area contributed by atoms with E-state index in [1.165, 1.54) is 0 Å². The van der Waals surface area contributed by atoms with E-state index in [0.717, 1.165) is 31.7 Å². The first-order chi connectivity index (χ1) is 10.8. The van der Waals surface area contributed by atoms with Crippen molar-refractivity contribution in [3.63, 3.8) is 0 Å². The molecule has 1 saturated heterocycles. The first-order valence-corrected chi connectivity index (χ1v) is 7.37. The van der Waals surface area contributed by atoms with Gasteiger partial charge in [-0.25, -0.2) is 9.59 Å². The molecule has 1 aliphatic rings. The number of rotatable bonds is 2. The number of aliphatic carboxylic acids is 2. The van der Waals surface area contributed by atoms with Gasteiger partial charge in [0.25, 0.3) is 5.91 Å². The molecule has 1 aliphatic heterocycles. The van der Waals surface area contributed by atoms with Gasteiger partial charge in [0, 0.05) is 37.8 Å². The van der Waals surface area contributed by atoms with E-state index in [4.69, 9.17) is 19.8 Å². The third kappa shape index (κ3) is 6.07. The Morgan fingerprint density at radius 2 is 1.39 bits per heavy atom. The number of hydrogen-bond donors (Lipinski definition) is 2. The minimum atomic E-state index is -1.82. The Labute approximate surface area is 135 Å².